The number of amides is 1. The Kier molecular flexibility index (Phi) is 8.44. The van der Waals surface area contributed by atoms with Gasteiger partial charge >= 0.3 is 0 Å². The number of carbonyl (C=O) groups is 1. The SMILES string of the molecule is CC[C@@H](Sc1nc2cc(OC)c(OC)cc2c2nc(CCn3nc(C)cc3C)nn12)C(=O)NCc1ccc(C)cc1. The van der Waals surface area contributed by atoms with Crippen molar-refractivity contribution in [2.75, 3.05) is 14.2 Å². The number of thioether (sulfide) groups is 1. The number of methoxy groups -OCH3 is 2. The van der Waals surface area contributed by atoms with Crippen molar-refractivity contribution in [3.8, 4) is 11.5 Å². The number of fused-ring (bicyclic) bond motifs is 3. The van der Waals surface area contributed by atoms with Crippen LogP contribution in [-0.2, 0) is 24.3 Å². The number of rotatable bonds is 11. The summed E-state index contributed by atoms with van der Waals surface area (Å²) in [5.74, 6) is 1.77. The van der Waals surface area contributed by atoms with E-state index >= 15 is 0 Å². The molecule has 1 amide bonds. The molecule has 0 radical (unpaired) electrons. The second-order valence-corrected chi connectivity index (χ2v) is 11.2. The first kappa shape index (κ1) is 28.4. The minimum Gasteiger partial charge on any atom is -0.493 e. The summed E-state index contributed by atoms with van der Waals surface area (Å²) < 4.78 is 14.8. The fraction of sp³-hybridized carbons (Fsp3) is 0.367. The standard InChI is InChI=1S/C30H35N7O3S/c1-7-26(29(38)31-17-21-10-8-18(2)9-11-21)41-30-32-23-16-25(40-6)24(39-5)15-22(23)28-33-27(35-37(28)30)12-13-36-20(4)14-19(3)34-36/h8-11,14-16,26H,7,12-13,17H2,1-6H3,(H,31,38)/t26-/m1/s1. The second kappa shape index (κ2) is 12.2. The Morgan fingerprint density at radius 2 is 1.73 bits per heavy atom. The first-order valence-electron chi connectivity index (χ1n) is 13.6. The summed E-state index contributed by atoms with van der Waals surface area (Å²) >= 11 is 1.38. The molecule has 5 aromatic rings. The average molecular weight is 574 g/mol. The monoisotopic (exact) mass is 573 g/mol. The molecule has 0 aliphatic rings. The summed E-state index contributed by atoms with van der Waals surface area (Å²) in [5, 5.41) is 13.5. The van der Waals surface area contributed by atoms with Crippen LogP contribution in [0.1, 0.15) is 41.7 Å². The third-order valence-electron chi connectivity index (χ3n) is 6.94. The third kappa shape index (κ3) is 6.14. The largest absolute Gasteiger partial charge is 0.493 e. The molecule has 0 aliphatic carbocycles. The van der Waals surface area contributed by atoms with Gasteiger partial charge in [0.25, 0.3) is 0 Å². The van der Waals surface area contributed by atoms with E-state index in [2.05, 4.69) is 16.5 Å². The van der Waals surface area contributed by atoms with Crippen molar-refractivity contribution in [2.45, 2.75) is 64.0 Å². The van der Waals surface area contributed by atoms with E-state index in [-0.39, 0.29) is 11.2 Å². The molecule has 1 N–H and O–H groups in total. The van der Waals surface area contributed by atoms with Crippen LogP contribution in [0.4, 0.5) is 0 Å². The molecule has 0 saturated carbocycles. The lowest BCUT2D eigenvalue weighted by Crippen LogP contribution is -2.32. The minimum atomic E-state index is -0.365. The summed E-state index contributed by atoms with van der Waals surface area (Å²) in [6.45, 7) is 9.18. The Morgan fingerprint density at radius 1 is 1.00 bits per heavy atom. The molecule has 0 fully saturated rings. The van der Waals surface area contributed by atoms with Crippen LogP contribution in [0.5, 0.6) is 11.5 Å². The first-order valence-corrected chi connectivity index (χ1v) is 14.5. The zero-order chi connectivity index (χ0) is 29.1. The molecule has 1 atom stereocenters. The molecule has 41 heavy (non-hydrogen) atoms. The number of aryl methyl sites for hydroxylation is 5. The summed E-state index contributed by atoms with van der Waals surface area (Å²) in [6, 6.07) is 13.9. The summed E-state index contributed by atoms with van der Waals surface area (Å²) in [7, 11) is 3.20. The highest BCUT2D eigenvalue weighted by Gasteiger charge is 2.23. The van der Waals surface area contributed by atoms with Gasteiger partial charge in [-0.05, 0) is 44.9 Å². The van der Waals surface area contributed by atoms with Gasteiger partial charge in [-0.3, -0.25) is 9.48 Å². The fourth-order valence-corrected chi connectivity index (χ4v) is 5.69. The van der Waals surface area contributed by atoms with E-state index in [0.717, 1.165) is 22.3 Å². The highest BCUT2D eigenvalue weighted by Crippen LogP contribution is 2.35. The predicted octanol–water partition coefficient (Wildman–Crippen LogP) is 4.85. The van der Waals surface area contributed by atoms with Crippen LogP contribution in [0.15, 0.2) is 47.6 Å². The maximum absolute atomic E-state index is 13.2. The maximum Gasteiger partial charge on any atom is 0.233 e. The number of ether oxygens (including phenoxy) is 2. The number of aromatic nitrogens is 6. The van der Waals surface area contributed by atoms with E-state index < -0.39 is 0 Å². The normalized spacial score (nSPS) is 12.1. The molecule has 11 heteroatoms. The zero-order valence-electron chi connectivity index (χ0n) is 24.3. The lowest BCUT2D eigenvalue weighted by molar-refractivity contribution is -0.120. The van der Waals surface area contributed by atoms with Crippen LogP contribution in [0.25, 0.3) is 16.6 Å². The smallest absolute Gasteiger partial charge is 0.233 e. The molecule has 0 aliphatic heterocycles. The van der Waals surface area contributed by atoms with Gasteiger partial charge in [0.1, 0.15) is 0 Å². The van der Waals surface area contributed by atoms with Gasteiger partial charge in [-0.25, -0.2) is 9.97 Å². The van der Waals surface area contributed by atoms with Gasteiger partial charge in [-0.1, -0.05) is 48.5 Å². The van der Waals surface area contributed by atoms with Crippen LogP contribution in [0.2, 0.25) is 0 Å². The molecular formula is C30H35N7O3S. The van der Waals surface area contributed by atoms with E-state index in [9.17, 15) is 4.79 Å². The molecule has 0 unspecified atom stereocenters. The quantitative estimate of drug-likeness (QED) is 0.177. The molecule has 3 aromatic heterocycles. The molecule has 0 bridgehead atoms. The lowest BCUT2D eigenvalue weighted by Gasteiger charge is -2.16. The van der Waals surface area contributed by atoms with Gasteiger partial charge in [0.05, 0.1) is 30.7 Å². The highest BCUT2D eigenvalue weighted by molar-refractivity contribution is 8.00. The van der Waals surface area contributed by atoms with Crippen molar-refractivity contribution in [1.29, 1.82) is 0 Å². The summed E-state index contributed by atoms with van der Waals surface area (Å²) in [4.78, 5) is 23.1. The zero-order valence-corrected chi connectivity index (χ0v) is 25.1. The summed E-state index contributed by atoms with van der Waals surface area (Å²) in [6.07, 6.45) is 1.22. The average Bonchev–Trinajstić information content (AvgIpc) is 3.55. The van der Waals surface area contributed by atoms with Crippen molar-refractivity contribution in [3.05, 3.63) is 70.8 Å². The Balaban J connectivity index is 1.48. The van der Waals surface area contributed by atoms with Gasteiger partial charge in [0.2, 0.25) is 5.91 Å². The molecular weight excluding hydrogens is 538 g/mol. The van der Waals surface area contributed by atoms with Gasteiger partial charge in [-0.2, -0.15) is 9.61 Å². The Labute approximate surface area is 243 Å². The number of nitrogens with zero attached hydrogens (tertiary/aromatic N) is 6. The number of hydrogen-bond acceptors (Lipinski definition) is 8. The fourth-order valence-electron chi connectivity index (χ4n) is 4.70. The van der Waals surface area contributed by atoms with Crippen LogP contribution in [-0.4, -0.2) is 54.7 Å². The molecule has 0 spiro atoms. The molecule has 5 rings (SSSR count). The Hall–Kier alpha value is -4.12. The van der Waals surface area contributed by atoms with Gasteiger partial charge in [0.15, 0.2) is 28.1 Å². The van der Waals surface area contributed by atoms with E-state index in [1.54, 1.807) is 18.7 Å². The van der Waals surface area contributed by atoms with Crippen LogP contribution < -0.4 is 14.8 Å². The van der Waals surface area contributed by atoms with E-state index in [1.807, 2.05) is 68.8 Å². The minimum absolute atomic E-state index is 0.0506. The van der Waals surface area contributed by atoms with Crippen molar-refractivity contribution < 1.29 is 14.3 Å². The highest BCUT2D eigenvalue weighted by atomic mass is 32.2. The van der Waals surface area contributed by atoms with Crippen molar-refractivity contribution in [1.82, 2.24) is 34.7 Å². The molecule has 0 saturated heterocycles. The topological polar surface area (TPSA) is 108 Å². The van der Waals surface area contributed by atoms with E-state index in [0.29, 0.717) is 59.6 Å². The summed E-state index contributed by atoms with van der Waals surface area (Å²) in [5.41, 5.74) is 5.65. The second-order valence-electron chi connectivity index (χ2n) is 10.0. The van der Waals surface area contributed by atoms with Crippen molar-refractivity contribution >= 4 is 34.2 Å². The number of carbonyl (C=O) groups excluding carboxylic acids is 1. The molecule has 2 aromatic carbocycles. The van der Waals surface area contributed by atoms with Crippen LogP contribution in [0.3, 0.4) is 0 Å². The molecule has 10 nitrogen and oxygen atoms in total. The molecule has 214 valence electrons. The van der Waals surface area contributed by atoms with Gasteiger partial charge in [-0.15, -0.1) is 5.10 Å². The maximum atomic E-state index is 13.2. The number of benzene rings is 2. The van der Waals surface area contributed by atoms with Crippen LogP contribution in [0, 0.1) is 20.8 Å². The van der Waals surface area contributed by atoms with Crippen molar-refractivity contribution in [3.63, 3.8) is 0 Å². The van der Waals surface area contributed by atoms with Crippen molar-refractivity contribution in [2.24, 2.45) is 0 Å². The van der Waals surface area contributed by atoms with E-state index in [1.165, 1.54) is 17.3 Å². The number of hydrogen-bond donors (Lipinski definition) is 1. The Morgan fingerprint density at radius 3 is 2.39 bits per heavy atom. The first-order chi connectivity index (χ1) is 19.8. The number of nitrogens with one attached hydrogen (secondary N) is 1. The Bertz CT molecular complexity index is 1690. The van der Waals surface area contributed by atoms with Crippen LogP contribution >= 0.6 is 11.8 Å². The molecule has 3 heterocycles. The lowest BCUT2D eigenvalue weighted by atomic mass is 10.1. The van der Waals surface area contributed by atoms with E-state index in [4.69, 9.17) is 24.5 Å². The van der Waals surface area contributed by atoms with Gasteiger partial charge < -0.3 is 14.8 Å². The third-order valence-corrected chi connectivity index (χ3v) is 8.25. The predicted molar refractivity (Wildman–Crippen MR) is 160 cm³/mol. The van der Waals surface area contributed by atoms with Gasteiger partial charge in [0, 0.05) is 36.7 Å².